The van der Waals surface area contributed by atoms with Crippen molar-refractivity contribution in [1.82, 2.24) is 0 Å². The van der Waals surface area contributed by atoms with E-state index in [4.69, 9.17) is 0 Å². The van der Waals surface area contributed by atoms with Crippen LogP contribution in [0.2, 0.25) is 0 Å². The molecule has 80 valence electrons. The molecule has 0 saturated heterocycles. The quantitative estimate of drug-likeness (QED) is 0.406. The predicted molar refractivity (Wildman–Crippen MR) is 59.5 cm³/mol. The number of hydrogen-bond acceptors (Lipinski definition) is 0. The monoisotopic (exact) mass is 417 g/mol. The fraction of sp³-hybridized carbons (Fsp3) is 0.769. The van der Waals surface area contributed by atoms with Gasteiger partial charge in [0.2, 0.25) is 0 Å². The summed E-state index contributed by atoms with van der Waals surface area (Å²) in [7, 11) is 0. The van der Waals surface area contributed by atoms with Gasteiger partial charge in [-0.3, -0.25) is 0 Å². The molecule has 0 aliphatic heterocycles. The van der Waals surface area contributed by atoms with Crippen LogP contribution in [0.4, 0.5) is 0 Å². The molecule has 1 aliphatic rings. The summed E-state index contributed by atoms with van der Waals surface area (Å²) in [4.78, 5) is 0. The largest absolute Gasteiger partial charge is 0.306 e. The molecule has 1 heteroatoms. The predicted octanol–water partition coefficient (Wildman–Crippen LogP) is 4.37. The van der Waals surface area contributed by atoms with Crippen molar-refractivity contribution in [3.05, 3.63) is 17.1 Å². The molecular weight excluding hydrogens is 394 g/mol. The van der Waals surface area contributed by atoms with E-state index in [0.29, 0.717) is 10.8 Å². The van der Waals surface area contributed by atoms with E-state index in [0.717, 1.165) is 0 Å². The molecule has 0 bridgehead atoms. The average molecular weight is 417 g/mol. The van der Waals surface area contributed by atoms with Crippen LogP contribution in [0.15, 0.2) is 11.1 Å². The zero-order chi connectivity index (χ0) is 10.4. The van der Waals surface area contributed by atoms with E-state index >= 15 is 0 Å². The summed E-state index contributed by atoms with van der Waals surface area (Å²) in [6.07, 6.45) is 1.20. The molecule has 0 unspecified atom stereocenters. The van der Waals surface area contributed by atoms with Gasteiger partial charge in [0.05, 0.1) is 0 Å². The maximum atomic E-state index is 2.37. The molecule has 0 heterocycles. The Kier molecular flexibility index (Phi) is 4.59. The first-order valence-electron chi connectivity index (χ1n) is 5.21. The minimum absolute atomic E-state index is 0. The molecule has 0 aromatic heterocycles. The minimum atomic E-state index is 0. The van der Waals surface area contributed by atoms with E-state index in [1.165, 1.54) is 6.42 Å². The van der Waals surface area contributed by atoms with Crippen LogP contribution in [-0.4, -0.2) is 0 Å². The van der Waals surface area contributed by atoms with Gasteiger partial charge in [-0.15, -0.1) is 11.0 Å². The Balaban J connectivity index is 0.00000169. The Bertz CT molecular complexity index is 246. The summed E-state index contributed by atoms with van der Waals surface area (Å²) in [5, 5.41) is 0. The van der Waals surface area contributed by atoms with E-state index in [-0.39, 0.29) is 31.1 Å². The van der Waals surface area contributed by atoms with Gasteiger partial charge in [0, 0.05) is 31.1 Å². The molecule has 0 amide bonds. The van der Waals surface area contributed by atoms with Crippen LogP contribution in [0, 0.1) is 47.9 Å². The van der Waals surface area contributed by atoms with Gasteiger partial charge in [-0.05, 0) is 19.3 Å². The Morgan fingerprint density at radius 2 is 1.50 bits per heavy atom. The van der Waals surface area contributed by atoms with Gasteiger partial charge in [-0.2, -0.15) is 13.3 Å². The third-order valence-corrected chi connectivity index (χ3v) is 4.74. The van der Waals surface area contributed by atoms with Crippen LogP contribution in [0.1, 0.15) is 54.9 Å². The smallest absolute Gasteiger partial charge is 0 e. The van der Waals surface area contributed by atoms with Crippen LogP contribution in [0.25, 0.3) is 0 Å². The zero-order valence-electron chi connectivity index (χ0n) is 10.7. The standard InChI is InChI=1S/C13H23.U/c1-9-8-10(2)12(4,5)13(6,7)11(9)3;/h8H2,1-7H3;/q-1;. The number of hydrogen-bond donors (Lipinski definition) is 0. The summed E-state index contributed by atoms with van der Waals surface area (Å²) < 4.78 is 0. The van der Waals surface area contributed by atoms with Crippen molar-refractivity contribution >= 4 is 0 Å². The summed E-state index contributed by atoms with van der Waals surface area (Å²) in [5.74, 6) is 1.63. The van der Waals surface area contributed by atoms with Crippen LogP contribution in [0.3, 0.4) is 0 Å². The first-order chi connectivity index (χ1) is 5.71. The van der Waals surface area contributed by atoms with Crippen molar-refractivity contribution in [1.29, 1.82) is 0 Å². The first-order valence-corrected chi connectivity index (χ1v) is 5.21. The molecule has 0 fully saturated rings. The third-order valence-electron chi connectivity index (χ3n) is 4.74. The van der Waals surface area contributed by atoms with Crippen molar-refractivity contribution in [2.24, 2.45) is 10.8 Å². The van der Waals surface area contributed by atoms with Gasteiger partial charge in [-0.25, -0.2) is 0 Å². The molecule has 0 spiro atoms. The maximum Gasteiger partial charge on any atom is 0 e. The molecule has 0 aromatic rings. The molecule has 14 heavy (non-hydrogen) atoms. The Labute approximate surface area is 113 Å². The van der Waals surface area contributed by atoms with Crippen LogP contribution in [0.5, 0.6) is 0 Å². The van der Waals surface area contributed by atoms with E-state index in [9.17, 15) is 0 Å². The first kappa shape index (κ1) is 14.8. The van der Waals surface area contributed by atoms with Crippen molar-refractivity contribution in [3.8, 4) is 0 Å². The summed E-state index contributed by atoms with van der Waals surface area (Å²) >= 11 is 0. The van der Waals surface area contributed by atoms with E-state index in [1.54, 1.807) is 17.1 Å². The van der Waals surface area contributed by atoms with Crippen molar-refractivity contribution in [2.45, 2.75) is 54.9 Å². The Morgan fingerprint density at radius 1 is 1.07 bits per heavy atom. The SMILES string of the molecule is CC1=C(C)C(C)(C)C(C)(C)[C-](C)C1.[U]. The maximum absolute atomic E-state index is 2.37. The molecule has 0 saturated carbocycles. The van der Waals surface area contributed by atoms with E-state index in [2.05, 4.69) is 48.5 Å². The minimum Gasteiger partial charge on any atom is -0.306 e. The van der Waals surface area contributed by atoms with Gasteiger partial charge in [0.1, 0.15) is 0 Å². The Morgan fingerprint density at radius 3 is 1.93 bits per heavy atom. The summed E-state index contributed by atoms with van der Waals surface area (Å²) in [5.41, 5.74) is 3.82. The molecule has 0 N–H and O–H groups in total. The van der Waals surface area contributed by atoms with Crippen LogP contribution in [-0.2, 0) is 0 Å². The zero-order valence-corrected chi connectivity index (χ0v) is 14.9. The van der Waals surface area contributed by atoms with Crippen LogP contribution < -0.4 is 0 Å². The summed E-state index contributed by atoms with van der Waals surface area (Å²) in [6, 6.07) is 0. The van der Waals surface area contributed by atoms with Crippen molar-refractivity contribution in [3.63, 3.8) is 0 Å². The molecule has 0 radical (unpaired) electrons. The average Bonchev–Trinajstić information content (AvgIpc) is 2.00. The second-order valence-corrected chi connectivity index (χ2v) is 5.61. The Hall–Kier alpha value is 0.792. The van der Waals surface area contributed by atoms with E-state index < -0.39 is 0 Å². The van der Waals surface area contributed by atoms with Gasteiger partial charge < -0.3 is 5.92 Å². The number of allylic oxidation sites excluding steroid dienone is 2. The second kappa shape index (κ2) is 4.34. The molecule has 1 aliphatic carbocycles. The number of rotatable bonds is 0. The molecule has 0 aromatic carbocycles. The normalized spacial score (nSPS) is 25.9. The van der Waals surface area contributed by atoms with Gasteiger partial charge in [0.25, 0.3) is 0 Å². The molecule has 0 atom stereocenters. The van der Waals surface area contributed by atoms with Crippen molar-refractivity contribution < 1.29 is 31.1 Å². The van der Waals surface area contributed by atoms with Gasteiger partial charge in [0.15, 0.2) is 0 Å². The van der Waals surface area contributed by atoms with Crippen molar-refractivity contribution in [2.75, 3.05) is 0 Å². The topological polar surface area (TPSA) is 0 Å². The third kappa shape index (κ3) is 2.00. The molecular formula is C13H23U-. The van der Waals surface area contributed by atoms with Gasteiger partial charge >= 0.3 is 0 Å². The fourth-order valence-corrected chi connectivity index (χ4v) is 2.29. The molecule has 1 rings (SSSR count). The van der Waals surface area contributed by atoms with E-state index in [1.807, 2.05) is 0 Å². The van der Waals surface area contributed by atoms with Crippen LogP contribution >= 0.6 is 0 Å². The van der Waals surface area contributed by atoms with Gasteiger partial charge in [-0.1, -0.05) is 33.3 Å². The second-order valence-electron chi connectivity index (χ2n) is 5.61. The molecule has 0 nitrogen and oxygen atoms in total. The fourth-order valence-electron chi connectivity index (χ4n) is 2.29. The summed E-state index contributed by atoms with van der Waals surface area (Å²) in [6.45, 7) is 16.4.